The van der Waals surface area contributed by atoms with E-state index in [1.807, 2.05) is 13.2 Å². The molecule has 0 aliphatic carbocycles. The van der Waals surface area contributed by atoms with E-state index in [4.69, 9.17) is 9.63 Å². The summed E-state index contributed by atoms with van der Waals surface area (Å²) >= 11 is 0. The van der Waals surface area contributed by atoms with E-state index in [-0.39, 0.29) is 6.61 Å². The van der Waals surface area contributed by atoms with Crippen molar-refractivity contribution in [3.63, 3.8) is 0 Å². The van der Waals surface area contributed by atoms with Crippen LogP contribution in [-0.2, 0) is 13.5 Å². The predicted molar refractivity (Wildman–Crippen MR) is 35.3 cm³/mol. The van der Waals surface area contributed by atoms with Crippen molar-refractivity contribution < 1.29 is 14.4 Å². The Labute approximate surface area is 59.9 Å². The van der Waals surface area contributed by atoms with Crippen LogP contribution in [0.2, 0.25) is 0 Å². The lowest BCUT2D eigenvalue weighted by Gasteiger charge is -1.86. The van der Waals surface area contributed by atoms with Crippen molar-refractivity contribution in [1.82, 2.24) is 0 Å². The fourth-order valence-electron chi connectivity index (χ4n) is 0.852. The smallest absolute Gasteiger partial charge is 0.222 e. The second-order valence-corrected chi connectivity index (χ2v) is 2.30. The lowest BCUT2D eigenvalue weighted by Crippen LogP contribution is -2.22. The molecule has 1 heterocycles. The molecule has 1 aromatic rings. The van der Waals surface area contributed by atoms with E-state index < -0.39 is 0 Å². The molecule has 0 aliphatic rings. The van der Waals surface area contributed by atoms with Crippen molar-refractivity contribution in [2.75, 3.05) is 6.61 Å². The molecule has 0 aliphatic heterocycles. The van der Waals surface area contributed by atoms with Gasteiger partial charge in [-0.25, -0.2) is 4.52 Å². The number of aliphatic hydroxyl groups is 1. The van der Waals surface area contributed by atoms with Crippen LogP contribution in [0.25, 0.3) is 0 Å². The van der Waals surface area contributed by atoms with Gasteiger partial charge in [0.15, 0.2) is 13.3 Å². The highest BCUT2D eigenvalue weighted by Crippen LogP contribution is 1.97. The summed E-state index contributed by atoms with van der Waals surface area (Å²) in [5.74, 6) is 0. The minimum atomic E-state index is 0.245. The van der Waals surface area contributed by atoms with Crippen LogP contribution >= 0.6 is 0 Å². The van der Waals surface area contributed by atoms with Crippen molar-refractivity contribution in [3.05, 3.63) is 18.0 Å². The van der Waals surface area contributed by atoms with Crippen LogP contribution in [0.5, 0.6) is 0 Å². The summed E-state index contributed by atoms with van der Waals surface area (Å²) in [6, 6.07) is 0. The first-order valence-electron chi connectivity index (χ1n) is 3.37. The monoisotopic (exact) mass is 142 g/mol. The van der Waals surface area contributed by atoms with Gasteiger partial charge in [-0.2, -0.15) is 0 Å². The average molecular weight is 142 g/mol. The molecule has 1 aromatic heterocycles. The summed E-state index contributed by atoms with van der Waals surface area (Å²) < 4.78 is 6.64. The number of aromatic nitrogens is 1. The van der Waals surface area contributed by atoms with E-state index in [1.54, 1.807) is 11.0 Å². The normalized spacial score (nSPS) is 10.2. The van der Waals surface area contributed by atoms with Gasteiger partial charge in [-0.15, -0.1) is 0 Å². The largest absolute Gasteiger partial charge is 0.396 e. The van der Waals surface area contributed by atoms with Crippen LogP contribution in [0.3, 0.4) is 0 Å². The van der Waals surface area contributed by atoms with Crippen molar-refractivity contribution in [2.24, 2.45) is 7.05 Å². The zero-order chi connectivity index (χ0) is 7.40. The van der Waals surface area contributed by atoms with Gasteiger partial charge >= 0.3 is 0 Å². The number of nitrogens with zero attached hydrogens (tertiary/aromatic N) is 1. The number of hydrogen-bond donors (Lipinski definition) is 1. The molecule has 0 saturated carbocycles. The molecule has 0 fully saturated rings. The highest BCUT2D eigenvalue weighted by atomic mass is 16.5. The molecule has 56 valence electrons. The van der Waals surface area contributed by atoms with Gasteiger partial charge in [0.1, 0.15) is 0 Å². The van der Waals surface area contributed by atoms with E-state index in [2.05, 4.69) is 0 Å². The summed E-state index contributed by atoms with van der Waals surface area (Å²) in [4.78, 5) is 0. The average Bonchev–Trinajstić information content (AvgIpc) is 2.31. The van der Waals surface area contributed by atoms with E-state index in [9.17, 15) is 0 Å². The van der Waals surface area contributed by atoms with Gasteiger partial charge in [0.25, 0.3) is 0 Å². The molecule has 0 amide bonds. The second kappa shape index (κ2) is 3.37. The van der Waals surface area contributed by atoms with Crippen LogP contribution in [0.15, 0.2) is 17.0 Å². The van der Waals surface area contributed by atoms with Crippen LogP contribution in [0.4, 0.5) is 0 Å². The molecule has 0 bridgehead atoms. The van der Waals surface area contributed by atoms with Gasteiger partial charge in [0, 0.05) is 6.61 Å². The second-order valence-electron chi connectivity index (χ2n) is 2.30. The minimum Gasteiger partial charge on any atom is -0.396 e. The summed E-state index contributed by atoms with van der Waals surface area (Å²) in [5.41, 5.74) is 1.14. The molecule has 0 radical (unpaired) electrons. The molecule has 0 spiro atoms. The molecule has 10 heavy (non-hydrogen) atoms. The van der Waals surface area contributed by atoms with Crippen molar-refractivity contribution >= 4 is 0 Å². The van der Waals surface area contributed by atoms with E-state index in [1.165, 1.54) is 0 Å². The Kier molecular flexibility index (Phi) is 2.45. The Hall–Kier alpha value is -0.830. The number of rotatable bonds is 3. The zero-order valence-corrected chi connectivity index (χ0v) is 6.08. The lowest BCUT2D eigenvalue weighted by atomic mass is 10.2. The highest BCUT2D eigenvalue weighted by molar-refractivity contribution is 4.96. The maximum Gasteiger partial charge on any atom is 0.222 e. The molecular formula is C7H12NO2+. The first-order chi connectivity index (χ1) is 4.83. The molecule has 3 nitrogen and oxygen atoms in total. The molecular weight excluding hydrogens is 130 g/mol. The van der Waals surface area contributed by atoms with Gasteiger partial charge in [-0.05, 0) is 17.6 Å². The third-order valence-corrected chi connectivity index (χ3v) is 1.34. The third-order valence-electron chi connectivity index (χ3n) is 1.34. The Morgan fingerprint density at radius 3 is 3.00 bits per heavy atom. The third kappa shape index (κ3) is 1.84. The van der Waals surface area contributed by atoms with Gasteiger partial charge in [0.05, 0.1) is 5.56 Å². The molecule has 0 aromatic carbocycles. The summed E-state index contributed by atoms with van der Waals surface area (Å²) in [7, 11) is 1.84. The Bertz CT molecular complexity index is 195. The van der Waals surface area contributed by atoms with Gasteiger partial charge in [0.2, 0.25) is 6.20 Å². The maximum atomic E-state index is 8.50. The zero-order valence-electron chi connectivity index (χ0n) is 6.08. The highest BCUT2D eigenvalue weighted by Gasteiger charge is 2.01. The number of aliphatic hydroxyl groups excluding tert-OH is 1. The quantitative estimate of drug-likeness (QED) is 0.604. The Morgan fingerprint density at radius 1 is 1.70 bits per heavy atom. The fraction of sp³-hybridized carbons (Fsp3) is 0.571. The SMILES string of the molecule is C[n+]1cc(CCCO)co1. The van der Waals surface area contributed by atoms with E-state index in [0.29, 0.717) is 0 Å². The van der Waals surface area contributed by atoms with Crippen molar-refractivity contribution in [1.29, 1.82) is 0 Å². The molecule has 0 atom stereocenters. The standard InChI is InChI=1S/C7H12NO2/c1-8-5-7(6-10-8)3-2-4-9/h5-6,9H,2-4H2,1H3/q+1. The van der Waals surface area contributed by atoms with Gasteiger partial charge < -0.3 is 5.11 Å². The van der Waals surface area contributed by atoms with Crippen LogP contribution in [0, 0.1) is 0 Å². The number of aryl methyl sites for hydroxylation is 2. The first-order valence-corrected chi connectivity index (χ1v) is 3.37. The van der Waals surface area contributed by atoms with Crippen molar-refractivity contribution in [2.45, 2.75) is 12.8 Å². The van der Waals surface area contributed by atoms with E-state index >= 15 is 0 Å². The van der Waals surface area contributed by atoms with Gasteiger partial charge in [-0.1, -0.05) is 0 Å². The van der Waals surface area contributed by atoms with Crippen LogP contribution < -0.4 is 4.74 Å². The van der Waals surface area contributed by atoms with Crippen LogP contribution in [0.1, 0.15) is 12.0 Å². The maximum absolute atomic E-state index is 8.50. The molecule has 0 unspecified atom stereocenters. The van der Waals surface area contributed by atoms with Gasteiger partial charge in [-0.3, -0.25) is 0 Å². The summed E-state index contributed by atoms with van der Waals surface area (Å²) in [5, 5.41) is 8.50. The molecule has 1 N–H and O–H groups in total. The Morgan fingerprint density at radius 2 is 2.50 bits per heavy atom. The topological polar surface area (TPSA) is 37.2 Å². The minimum absolute atomic E-state index is 0.245. The number of hydrogen-bond acceptors (Lipinski definition) is 2. The molecule has 1 rings (SSSR count). The van der Waals surface area contributed by atoms with E-state index in [0.717, 1.165) is 18.4 Å². The van der Waals surface area contributed by atoms with Crippen LogP contribution in [-0.4, -0.2) is 11.7 Å². The lowest BCUT2D eigenvalue weighted by molar-refractivity contribution is -0.845. The van der Waals surface area contributed by atoms with Crippen molar-refractivity contribution in [3.8, 4) is 0 Å². The summed E-state index contributed by atoms with van der Waals surface area (Å²) in [6.45, 7) is 0.245. The molecule has 3 heteroatoms. The predicted octanol–water partition coefficient (Wildman–Crippen LogP) is 0.0290. The fourth-order valence-corrected chi connectivity index (χ4v) is 0.852. The molecule has 0 saturated heterocycles. The Balaban J connectivity index is 2.42. The summed E-state index contributed by atoms with van der Waals surface area (Å²) in [6.07, 6.45) is 5.31. The first kappa shape index (κ1) is 7.28.